The van der Waals surface area contributed by atoms with Gasteiger partial charge in [0.05, 0.1) is 16.6 Å². The molecule has 1 saturated carbocycles. The van der Waals surface area contributed by atoms with Gasteiger partial charge in [0.15, 0.2) is 0 Å². The first-order chi connectivity index (χ1) is 15.2. The molecule has 0 atom stereocenters. The van der Waals surface area contributed by atoms with E-state index in [0.717, 1.165) is 25.7 Å². The summed E-state index contributed by atoms with van der Waals surface area (Å²) in [5, 5.41) is 2.98. The number of carbonyl (C=O) groups is 2. The molecule has 3 aromatic rings. The summed E-state index contributed by atoms with van der Waals surface area (Å²) in [6.07, 6.45) is 3.20. The van der Waals surface area contributed by atoms with E-state index in [-0.39, 0.29) is 28.2 Å². The van der Waals surface area contributed by atoms with E-state index in [1.807, 2.05) is 4.72 Å². The standard InChI is InChI=1S/C21H22N4O6S/c1-12-11-16-13(2)22-20(23-18(16)30-12)24-21(27)25-32(28,29)17-10-6-5-9-15(17)19(26)31-14-7-3-4-8-14/h5-6,9-11,14H,3-4,7-8H2,1-2H3,(H2,22,23,24,25,27). The van der Waals surface area contributed by atoms with E-state index in [0.29, 0.717) is 16.8 Å². The quantitative estimate of drug-likeness (QED) is 0.554. The lowest BCUT2D eigenvalue weighted by Gasteiger charge is -2.14. The van der Waals surface area contributed by atoms with E-state index < -0.39 is 22.0 Å². The lowest BCUT2D eigenvalue weighted by molar-refractivity contribution is 0.0313. The number of aromatic nitrogens is 2. The molecule has 4 rings (SSSR count). The number of amides is 2. The van der Waals surface area contributed by atoms with Crippen LogP contribution >= 0.6 is 0 Å². The third kappa shape index (κ3) is 4.57. The summed E-state index contributed by atoms with van der Waals surface area (Å²) in [6.45, 7) is 3.47. The number of carbonyl (C=O) groups excluding carboxylic acids is 2. The largest absolute Gasteiger partial charge is 0.459 e. The summed E-state index contributed by atoms with van der Waals surface area (Å²) in [5.41, 5.74) is 0.692. The van der Waals surface area contributed by atoms with Crippen molar-refractivity contribution >= 4 is 39.1 Å². The molecular formula is C21H22N4O6S. The SMILES string of the molecule is Cc1cc2c(C)nc(NC(=O)NS(=O)(=O)c3ccccc3C(=O)OC3CCCC3)nc2o1. The number of ether oxygens (including phenoxy) is 1. The average molecular weight is 458 g/mol. The van der Waals surface area contributed by atoms with Crippen LogP contribution in [0.25, 0.3) is 11.1 Å². The van der Waals surface area contributed by atoms with Gasteiger partial charge in [-0.15, -0.1) is 0 Å². The molecule has 1 aromatic carbocycles. The Balaban J connectivity index is 1.52. The zero-order valence-electron chi connectivity index (χ0n) is 17.5. The highest BCUT2D eigenvalue weighted by Gasteiger charge is 2.27. The molecule has 10 nitrogen and oxygen atoms in total. The molecule has 11 heteroatoms. The molecular weight excluding hydrogens is 436 g/mol. The molecule has 0 aliphatic heterocycles. The normalized spacial score (nSPS) is 14.4. The molecule has 2 heterocycles. The van der Waals surface area contributed by atoms with Crippen LogP contribution in [0.4, 0.5) is 10.7 Å². The van der Waals surface area contributed by atoms with Gasteiger partial charge in [-0.25, -0.2) is 27.7 Å². The van der Waals surface area contributed by atoms with Crippen LogP contribution < -0.4 is 10.0 Å². The monoisotopic (exact) mass is 458 g/mol. The van der Waals surface area contributed by atoms with Crippen LogP contribution in [0.5, 0.6) is 0 Å². The Bertz CT molecular complexity index is 1290. The van der Waals surface area contributed by atoms with E-state index in [1.165, 1.54) is 24.3 Å². The van der Waals surface area contributed by atoms with E-state index >= 15 is 0 Å². The lowest BCUT2D eigenvalue weighted by Crippen LogP contribution is -2.35. The summed E-state index contributed by atoms with van der Waals surface area (Å²) in [4.78, 5) is 32.8. The number of rotatable bonds is 5. The van der Waals surface area contributed by atoms with Crippen molar-refractivity contribution in [2.75, 3.05) is 5.32 Å². The third-order valence-corrected chi connectivity index (χ3v) is 6.52. The Labute approximate surface area is 184 Å². The van der Waals surface area contributed by atoms with Crippen molar-refractivity contribution in [3.8, 4) is 0 Å². The maximum Gasteiger partial charge on any atom is 0.339 e. The Kier molecular flexibility index (Phi) is 5.83. The smallest absolute Gasteiger partial charge is 0.339 e. The molecule has 168 valence electrons. The number of benzene rings is 1. The van der Waals surface area contributed by atoms with Crippen LogP contribution in [0.2, 0.25) is 0 Å². The summed E-state index contributed by atoms with van der Waals surface area (Å²) in [6, 6.07) is 6.26. The number of fused-ring (bicyclic) bond motifs is 1. The van der Waals surface area contributed by atoms with Crippen LogP contribution in [0.15, 0.2) is 39.6 Å². The molecule has 32 heavy (non-hydrogen) atoms. The van der Waals surface area contributed by atoms with Crippen LogP contribution in [-0.2, 0) is 14.8 Å². The van der Waals surface area contributed by atoms with Crippen molar-refractivity contribution in [1.29, 1.82) is 0 Å². The van der Waals surface area contributed by atoms with Crippen molar-refractivity contribution in [1.82, 2.24) is 14.7 Å². The predicted molar refractivity (Wildman–Crippen MR) is 115 cm³/mol. The van der Waals surface area contributed by atoms with Gasteiger partial charge in [0.1, 0.15) is 16.8 Å². The van der Waals surface area contributed by atoms with Crippen LogP contribution in [0.1, 0.15) is 47.5 Å². The van der Waals surface area contributed by atoms with Crippen molar-refractivity contribution in [3.05, 3.63) is 47.3 Å². The average Bonchev–Trinajstić information content (AvgIpc) is 3.36. The number of nitrogens with one attached hydrogen (secondary N) is 2. The number of sulfonamides is 1. The molecule has 1 aliphatic rings. The van der Waals surface area contributed by atoms with Crippen LogP contribution in [0, 0.1) is 13.8 Å². The Hall–Kier alpha value is -3.47. The highest BCUT2D eigenvalue weighted by molar-refractivity contribution is 7.90. The van der Waals surface area contributed by atoms with Gasteiger partial charge < -0.3 is 9.15 Å². The Morgan fingerprint density at radius 3 is 2.59 bits per heavy atom. The molecule has 0 bridgehead atoms. The van der Waals surface area contributed by atoms with Gasteiger partial charge in [0, 0.05) is 0 Å². The summed E-state index contributed by atoms with van der Waals surface area (Å²) in [5.74, 6) is -0.232. The fourth-order valence-corrected chi connectivity index (χ4v) is 4.74. The van der Waals surface area contributed by atoms with E-state index in [1.54, 1.807) is 19.9 Å². The first kappa shape index (κ1) is 21.8. The first-order valence-electron chi connectivity index (χ1n) is 10.1. The van der Waals surface area contributed by atoms with Crippen LogP contribution in [0.3, 0.4) is 0 Å². The molecule has 0 unspecified atom stereocenters. The van der Waals surface area contributed by atoms with Crippen molar-refractivity contribution in [2.24, 2.45) is 0 Å². The number of hydrogen-bond acceptors (Lipinski definition) is 8. The lowest BCUT2D eigenvalue weighted by atomic mass is 10.2. The van der Waals surface area contributed by atoms with Gasteiger partial charge in [-0.3, -0.25) is 5.32 Å². The summed E-state index contributed by atoms with van der Waals surface area (Å²) >= 11 is 0. The zero-order valence-corrected chi connectivity index (χ0v) is 18.4. The Morgan fingerprint density at radius 1 is 1.12 bits per heavy atom. The van der Waals surface area contributed by atoms with Gasteiger partial charge >= 0.3 is 12.0 Å². The second-order valence-corrected chi connectivity index (χ2v) is 9.23. The second-order valence-electron chi connectivity index (χ2n) is 7.58. The topological polar surface area (TPSA) is 140 Å². The minimum atomic E-state index is -4.38. The van der Waals surface area contributed by atoms with Crippen LogP contribution in [-0.4, -0.2) is 36.5 Å². The predicted octanol–water partition coefficient (Wildman–Crippen LogP) is 3.45. The van der Waals surface area contributed by atoms with E-state index in [9.17, 15) is 18.0 Å². The minimum absolute atomic E-state index is 0.119. The molecule has 2 N–H and O–H groups in total. The van der Waals surface area contributed by atoms with Gasteiger partial charge in [-0.1, -0.05) is 12.1 Å². The van der Waals surface area contributed by atoms with Crippen molar-refractivity contribution in [3.63, 3.8) is 0 Å². The molecule has 2 amide bonds. The number of urea groups is 1. The van der Waals surface area contributed by atoms with Gasteiger partial charge in [0.2, 0.25) is 11.7 Å². The van der Waals surface area contributed by atoms with Crippen molar-refractivity contribution in [2.45, 2.75) is 50.5 Å². The molecule has 0 radical (unpaired) electrons. The first-order valence-corrected chi connectivity index (χ1v) is 11.6. The molecule has 0 spiro atoms. The molecule has 0 saturated heterocycles. The molecule has 2 aromatic heterocycles. The van der Waals surface area contributed by atoms with E-state index in [4.69, 9.17) is 9.15 Å². The second kappa shape index (κ2) is 8.58. The number of anilines is 1. The third-order valence-electron chi connectivity index (χ3n) is 5.13. The fourth-order valence-electron chi connectivity index (χ4n) is 3.64. The number of aryl methyl sites for hydroxylation is 2. The number of furan rings is 1. The van der Waals surface area contributed by atoms with Gasteiger partial charge in [0.25, 0.3) is 10.0 Å². The summed E-state index contributed by atoms with van der Waals surface area (Å²) in [7, 11) is -4.38. The highest BCUT2D eigenvalue weighted by Crippen LogP contribution is 2.24. The summed E-state index contributed by atoms with van der Waals surface area (Å²) < 4.78 is 38.4. The number of nitrogens with zero attached hydrogens (tertiary/aromatic N) is 2. The fraction of sp³-hybridized carbons (Fsp3) is 0.333. The van der Waals surface area contributed by atoms with E-state index in [2.05, 4.69) is 15.3 Å². The van der Waals surface area contributed by atoms with Gasteiger partial charge in [-0.2, -0.15) is 4.98 Å². The highest BCUT2D eigenvalue weighted by atomic mass is 32.2. The zero-order chi connectivity index (χ0) is 22.9. The molecule has 1 fully saturated rings. The van der Waals surface area contributed by atoms with Crippen molar-refractivity contribution < 1.29 is 27.2 Å². The maximum absolute atomic E-state index is 12.8. The Morgan fingerprint density at radius 2 is 1.84 bits per heavy atom. The molecule has 1 aliphatic carbocycles. The van der Waals surface area contributed by atoms with Gasteiger partial charge in [-0.05, 0) is 57.7 Å². The maximum atomic E-state index is 12.8. The minimum Gasteiger partial charge on any atom is -0.459 e. The number of hydrogen-bond donors (Lipinski definition) is 2. The number of esters is 1.